The molecule has 0 radical (unpaired) electrons. The van der Waals surface area contributed by atoms with Crippen LogP contribution in [0.5, 0.6) is 5.75 Å². The Balaban J connectivity index is 1.55. The number of ether oxygens (including phenoxy) is 1. The van der Waals surface area contributed by atoms with Gasteiger partial charge in [0, 0.05) is 42.5 Å². The molecule has 34 heavy (non-hydrogen) atoms. The molecule has 7 heteroatoms. The molecule has 4 aromatic rings. The van der Waals surface area contributed by atoms with Crippen LogP contribution in [0.2, 0.25) is 0 Å². The third kappa shape index (κ3) is 5.21. The highest BCUT2D eigenvalue weighted by Crippen LogP contribution is 2.34. The third-order valence-electron chi connectivity index (χ3n) is 6.04. The van der Waals surface area contributed by atoms with E-state index in [9.17, 15) is 4.79 Å². The van der Waals surface area contributed by atoms with E-state index >= 15 is 0 Å². The number of nitrogens with zero attached hydrogens (tertiary/aromatic N) is 3. The van der Waals surface area contributed by atoms with Crippen molar-refractivity contribution >= 4 is 28.4 Å². The topological polar surface area (TPSA) is 84.8 Å². The number of methoxy groups -OCH3 is 1. The van der Waals surface area contributed by atoms with E-state index < -0.39 is 6.03 Å². The van der Waals surface area contributed by atoms with E-state index in [0.717, 1.165) is 48.2 Å². The van der Waals surface area contributed by atoms with Gasteiger partial charge in [-0.1, -0.05) is 6.07 Å². The van der Waals surface area contributed by atoms with E-state index in [1.54, 1.807) is 13.2 Å². The predicted molar refractivity (Wildman–Crippen MR) is 135 cm³/mol. The first kappa shape index (κ1) is 23.3. The zero-order valence-electron chi connectivity index (χ0n) is 19.8. The maximum absolute atomic E-state index is 12.4. The summed E-state index contributed by atoms with van der Waals surface area (Å²) in [6.07, 6.45) is 5.47. The molecule has 0 saturated carbocycles. The molecule has 4 rings (SSSR count). The van der Waals surface area contributed by atoms with Gasteiger partial charge < -0.3 is 19.8 Å². The molecule has 2 amide bonds. The molecular weight excluding hydrogens is 428 g/mol. The average Bonchev–Trinajstić information content (AvgIpc) is 3.16. The Labute approximate surface area is 199 Å². The van der Waals surface area contributed by atoms with Crippen LogP contribution in [0.25, 0.3) is 11.0 Å². The van der Waals surface area contributed by atoms with Crippen LogP contribution in [0, 0.1) is 6.92 Å². The fraction of sp³-hybridized carbons (Fsp3) is 0.259. The zero-order valence-corrected chi connectivity index (χ0v) is 19.8. The predicted octanol–water partition coefficient (Wildman–Crippen LogP) is 5.08. The second kappa shape index (κ2) is 10.4. The fourth-order valence-electron chi connectivity index (χ4n) is 4.15. The van der Waals surface area contributed by atoms with Crippen molar-refractivity contribution in [3.8, 4) is 5.75 Å². The lowest BCUT2D eigenvalue weighted by molar-refractivity contribution is 0.256. The lowest BCUT2D eigenvalue weighted by Gasteiger charge is -2.21. The first-order valence-corrected chi connectivity index (χ1v) is 11.3. The Morgan fingerprint density at radius 3 is 2.50 bits per heavy atom. The lowest BCUT2D eigenvalue weighted by Crippen LogP contribution is -2.31. The van der Waals surface area contributed by atoms with Gasteiger partial charge in [0.2, 0.25) is 0 Å². The van der Waals surface area contributed by atoms with Crippen LogP contribution in [-0.2, 0) is 12.8 Å². The van der Waals surface area contributed by atoms with Crippen LogP contribution in [-0.4, -0.2) is 43.2 Å². The molecule has 0 unspecified atom stereocenters. The number of nitrogens with two attached hydrogens (primary N) is 1. The second-order valence-electron chi connectivity index (χ2n) is 8.35. The van der Waals surface area contributed by atoms with E-state index in [-0.39, 0.29) is 0 Å². The maximum atomic E-state index is 12.4. The number of carbonyl (C=O) groups is 1. The first-order valence-electron chi connectivity index (χ1n) is 11.3. The van der Waals surface area contributed by atoms with E-state index in [2.05, 4.69) is 29.1 Å². The van der Waals surface area contributed by atoms with Gasteiger partial charge in [-0.25, -0.2) is 4.79 Å². The van der Waals surface area contributed by atoms with Crippen LogP contribution in [0.3, 0.4) is 0 Å². The molecule has 0 fully saturated rings. The average molecular weight is 459 g/mol. The van der Waals surface area contributed by atoms with E-state index in [4.69, 9.17) is 14.9 Å². The number of hydrogen-bond acceptors (Lipinski definition) is 5. The summed E-state index contributed by atoms with van der Waals surface area (Å²) in [6.45, 7) is 3.83. The zero-order chi connectivity index (χ0) is 24.1. The summed E-state index contributed by atoms with van der Waals surface area (Å²) in [6, 6.07) is 16.5. The minimum Gasteiger partial charge on any atom is -0.497 e. The van der Waals surface area contributed by atoms with Crippen LogP contribution < -0.4 is 15.4 Å². The number of aromatic nitrogens is 1. The Kier molecular flexibility index (Phi) is 7.13. The number of fused-ring (bicyclic) bond motifs is 1. The molecule has 2 heterocycles. The van der Waals surface area contributed by atoms with Gasteiger partial charge in [0.25, 0.3) is 0 Å². The maximum Gasteiger partial charge on any atom is 0.323 e. The molecule has 0 aliphatic heterocycles. The van der Waals surface area contributed by atoms with E-state index in [0.29, 0.717) is 17.1 Å². The van der Waals surface area contributed by atoms with Crippen molar-refractivity contribution in [3.63, 3.8) is 0 Å². The number of amides is 2. The molecule has 0 saturated heterocycles. The molecule has 0 spiro atoms. The molecule has 2 aromatic carbocycles. The van der Waals surface area contributed by atoms with Crippen molar-refractivity contribution in [3.05, 3.63) is 83.9 Å². The van der Waals surface area contributed by atoms with Gasteiger partial charge in [-0.2, -0.15) is 0 Å². The minimum atomic E-state index is -0.565. The third-order valence-corrected chi connectivity index (χ3v) is 6.04. The van der Waals surface area contributed by atoms with E-state index in [1.807, 2.05) is 55.7 Å². The van der Waals surface area contributed by atoms with Gasteiger partial charge in [-0.3, -0.25) is 9.88 Å². The summed E-state index contributed by atoms with van der Waals surface area (Å²) in [5, 5.41) is 0.992. The number of furan rings is 1. The van der Waals surface area contributed by atoms with Crippen LogP contribution in [0.1, 0.15) is 16.9 Å². The molecule has 176 valence electrons. The highest BCUT2D eigenvalue weighted by molar-refractivity contribution is 6.00. The number of rotatable bonds is 9. The molecule has 0 atom stereocenters. The standard InChI is InChI=1S/C27H30N4O3/c1-19-24(12-16-30(2)15-11-20-9-13-29-14-10-20)25-18-22(7-8-26(25)34-19)31(27(28)32)21-5-4-6-23(17-21)33-3/h4-10,13-14,17-18H,11-12,15-16H2,1-3H3,(H2,28,32). The molecular formula is C27H30N4O3. The quantitative estimate of drug-likeness (QED) is 0.378. The SMILES string of the molecule is COc1cccc(N(C(N)=O)c2ccc3oc(C)c(CCN(C)CCc4ccncc4)c3c2)c1. The highest BCUT2D eigenvalue weighted by Gasteiger charge is 2.19. The molecule has 2 aromatic heterocycles. The number of benzene rings is 2. The summed E-state index contributed by atoms with van der Waals surface area (Å²) < 4.78 is 11.3. The molecule has 7 nitrogen and oxygen atoms in total. The van der Waals surface area contributed by atoms with Crippen molar-refractivity contribution < 1.29 is 13.9 Å². The van der Waals surface area contributed by atoms with Crippen molar-refractivity contribution in [2.45, 2.75) is 19.8 Å². The number of carbonyl (C=O) groups excluding carboxylic acids is 1. The van der Waals surface area contributed by atoms with Crippen molar-refractivity contribution in [2.24, 2.45) is 5.73 Å². The molecule has 2 N–H and O–H groups in total. The Morgan fingerprint density at radius 1 is 1.03 bits per heavy atom. The van der Waals surface area contributed by atoms with Gasteiger partial charge in [0.1, 0.15) is 17.1 Å². The number of pyridine rings is 1. The number of primary amides is 1. The fourth-order valence-corrected chi connectivity index (χ4v) is 4.15. The normalized spacial score (nSPS) is 11.2. The first-order chi connectivity index (χ1) is 16.5. The van der Waals surface area contributed by atoms with Crippen LogP contribution >= 0.6 is 0 Å². The van der Waals surface area contributed by atoms with E-state index in [1.165, 1.54) is 10.5 Å². The van der Waals surface area contributed by atoms with Gasteiger partial charge in [-0.05, 0) is 74.8 Å². The molecule has 0 aliphatic rings. The summed E-state index contributed by atoms with van der Waals surface area (Å²) in [5.41, 5.74) is 10.3. The summed E-state index contributed by atoms with van der Waals surface area (Å²) in [4.78, 5) is 20.3. The number of likely N-dealkylation sites (N-methyl/N-ethyl adjacent to an activating group) is 1. The monoisotopic (exact) mass is 458 g/mol. The van der Waals surface area contributed by atoms with Gasteiger partial charge in [0.15, 0.2) is 0 Å². The van der Waals surface area contributed by atoms with Crippen LogP contribution in [0.15, 0.2) is 71.4 Å². The van der Waals surface area contributed by atoms with Crippen molar-refractivity contribution in [2.75, 3.05) is 32.1 Å². The smallest absolute Gasteiger partial charge is 0.323 e. The Bertz CT molecular complexity index is 1270. The summed E-state index contributed by atoms with van der Waals surface area (Å²) >= 11 is 0. The second-order valence-corrected chi connectivity index (χ2v) is 8.35. The number of urea groups is 1. The van der Waals surface area contributed by atoms with Gasteiger partial charge in [-0.15, -0.1) is 0 Å². The highest BCUT2D eigenvalue weighted by atomic mass is 16.5. The summed E-state index contributed by atoms with van der Waals surface area (Å²) in [7, 11) is 3.72. The van der Waals surface area contributed by atoms with Gasteiger partial charge in [0.05, 0.1) is 18.5 Å². The van der Waals surface area contributed by atoms with Crippen molar-refractivity contribution in [1.82, 2.24) is 9.88 Å². The van der Waals surface area contributed by atoms with Crippen LogP contribution in [0.4, 0.5) is 16.2 Å². The largest absolute Gasteiger partial charge is 0.497 e. The molecule has 0 bridgehead atoms. The number of anilines is 2. The molecule has 0 aliphatic carbocycles. The number of aryl methyl sites for hydroxylation is 1. The Hall–Kier alpha value is -3.84. The minimum absolute atomic E-state index is 0.565. The van der Waals surface area contributed by atoms with Gasteiger partial charge >= 0.3 is 6.03 Å². The lowest BCUT2D eigenvalue weighted by atomic mass is 10.1. The summed E-state index contributed by atoms with van der Waals surface area (Å²) in [5.74, 6) is 1.54. The Morgan fingerprint density at radius 2 is 1.76 bits per heavy atom. The van der Waals surface area contributed by atoms with Crippen molar-refractivity contribution in [1.29, 1.82) is 0 Å². The number of hydrogen-bond donors (Lipinski definition) is 1.